The Bertz CT molecular complexity index is 1160. The maximum atomic E-state index is 12.7. The van der Waals surface area contributed by atoms with E-state index in [1.54, 1.807) is 18.2 Å². The Kier molecular flexibility index (Phi) is 8.13. The van der Waals surface area contributed by atoms with Gasteiger partial charge in [-0.15, -0.1) is 0 Å². The third kappa shape index (κ3) is 5.49. The minimum atomic E-state index is -0.391. The molecule has 2 saturated carbocycles. The van der Waals surface area contributed by atoms with Crippen LogP contribution in [0.5, 0.6) is 11.5 Å². The number of benzene rings is 2. The maximum absolute atomic E-state index is 12.7. The lowest BCUT2D eigenvalue weighted by Gasteiger charge is -2.50. The van der Waals surface area contributed by atoms with Gasteiger partial charge in [-0.1, -0.05) is 38.0 Å². The van der Waals surface area contributed by atoms with Gasteiger partial charge < -0.3 is 20.1 Å². The number of ether oxygens (including phenoxy) is 1. The van der Waals surface area contributed by atoms with E-state index in [1.807, 2.05) is 30.3 Å². The van der Waals surface area contributed by atoms with Crippen LogP contribution in [-0.4, -0.2) is 27.4 Å². The summed E-state index contributed by atoms with van der Waals surface area (Å²) in [6.07, 6.45) is 14.7. The molecular weight excluding hydrogens is 476 g/mol. The van der Waals surface area contributed by atoms with E-state index in [1.165, 1.54) is 25.7 Å². The predicted octanol–water partition coefficient (Wildman–Crippen LogP) is 7.61. The number of fused-ring (bicyclic) bond motifs is 5. The standard InChI is InChI=1S/C25H28O4.C8H14O/c1-25-12-11-19-18(20(25)9-10-22(25)27)8-7-16-13-17(26)14-21(23(16)19)29-24(28)15-5-3-2-4-6-15;9-8-6-4-2-1-3-5-7-8/h2-6,13-14,18-20,22,26-27H,7-12H2,1H3;6,9H,1-5,7H2/t18-,19+,20+,22-,25+;/m1./s1. The van der Waals surface area contributed by atoms with Gasteiger partial charge in [0.2, 0.25) is 0 Å². The van der Waals surface area contributed by atoms with Crippen molar-refractivity contribution in [2.45, 2.75) is 96.0 Å². The van der Waals surface area contributed by atoms with Crippen LogP contribution in [0.4, 0.5) is 0 Å². The second kappa shape index (κ2) is 11.5. The van der Waals surface area contributed by atoms with Gasteiger partial charge in [-0.25, -0.2) is 4.79 Å². The normalized spacial score (nSPS) is 30.2. The van der Waals surface area contributed by atoms with E-state index in [2.05, 4.69) is 6.92 Å². The molecule has 4 aliphatic carbocycles. The molecular formula is C33H42O5. The minimum absolute atomic E-state index is 0.0104. The van der Waals surface area contributed by atoms with Gasteiger partial charge in [-0.3, -0.25) is 0 Å². The quantitative estimate of drug-likeness (QED) is 0.281. The van der Waals surface area contributed by atoms with Gasteiger partial charge in [0, 0.05) is 18.1 Å². The van der Waals surface area contributed by atoms with Crippen molar-refractivity contribution in [2.75, 3.05) is 0 Å². The van der Waals surface area contributed by atoms with Gasteiger partial charge in [0.05, 0.1) is 17.4 Å². The Morgan fingerprint density at radius 2 is 1.74 bits per heavy atom. The summed E-state index contributed by atoms with van der Waals surface area (Å²) in [4.78, 5) is 12.7. The molecule has 38 heavy (non-hydrogen) atoms. The lowest BCUT2D eigenvalue weighted by Crippen LogP contribution is -2.44. The largest absolute Gasteiger partial charge is 0.513 e. The molecule has 0 heterocycles. The molecule has 0 spiro atoms. The highest BCUT2D eigenvalue weighted by molar-refractivity contribution is 5.91. The number of aromatic hydroxyl groups is 1. The average molecular weight is 519 g/mol. The highest BCUT2D eigenvalue weighted by Crippen LogP contribution is 2.62. The van der Waals surface area contributed by atoms with Crippen molar-refractivity contribution < 1.29 is 24.9 Å². The number of phenolic OH excluding ortho intramolecular Hbond substituents is 1. The predicted molar refractivity (Wildman–Crippen MR) is 149 cm³/mol. The SMILES string of the molecule is C[C@]12CC[C@@H]3c4c(cc(O)cc4OC(=O)c4ccccc4)CC[C@H]3[C@@H]1CC[C@H]2O.OC1=CCCCCCC1. The van der Waals surface area contributed by atoms with Crippen LogP contribution in [-0.2, 0) is 6.42 Å². The summed E-state index contributed by atoms with van der Waals surface area (Å²) in [6, 6.07) is 12.4. The lowest BCUT2D eigenvalue weighted by molar-refractivity contribution is -0.0229. The molecule has 0 saturated heterocycles. The van der Waals surface area contributed by atoms with Crippen LogP contribution < -0.4 is 4.74 Å². The fraction of sp³-hybridized carbons (Fsp3) is 0.545. The van der Waals surface area contributed by atoms with Gasteiger partial charge in [0.25, 0.3) is 0 Å². The van der Waals surface area contributed by atoms with Crippen molar-refractivity contribution in [1.82, 2.24) is 0 Å². The maximum Gasteiger partial charge on any atom is 0.343 e. The zero-order valence-corrected chi connectivity index (χ0v) is 22.6. The molecule has 6 rings (SSSR count). The Morgan fingerprint density at radius 3 is 2.55 bits per heavy atom. The summed E-state index contributed by atoms with van der Waals surface area (Å²) < 4.78 is 5.84. The highest BCUT2D eigenvalue weighted by atomic mass is 16.5. The number of esters is 1. The van der Waals surface area contributed by atoms with Crippen LogP contribution in [0.2, 0.25) is 0 Å². The third-order valence-corrected chi connectivity index (χ3v) is 9.70. The molecule has 0 radical (unpaired) electrons. The number of aryl methyl sites for hydroxylation is 1. The molecule has 4 aliphatic rings. The first-order valence-corrected chi connectivity index (χ1v) is 14.6. The van der Waals surface area contributed by atoms with Crippen LogP contribution in [0, 0.1) is 17.3 Å². The molecule has 5 atom stereocenters. The Morgan fingerprint density at radius 1 is 0.947 bits per heavy atom. The van der Waals surface area contributed by atoms with Gasteiger partial charge >= 0.3 is 5.97 Å². The van der Waals surface area contributed by atoms with E-state index in [0.717, 1.165) is 62.5 Å². The Balaban J connectivity index is 0.000000278. The number of aliphatic hydroxyl groups is 2. The number of phenols is 1. The second-order valence-corrected chi connectivity index (χ2v) is 12.0. The van der Waals surface area contributed by atoms with Crippen molar-refractivity contribution in [3.63, 3.8) is 0 Å². The smallest absolute Gasteiger partial charge is 0.343 e. The molecule has 0 unspecified atom stereocenters. The summed E-state index contributed by atoms with van der Waals surface area (Å²) in [6.45, 7) is 2.26. The van der Waals surface area contributed by atoms with Crippen LogP contribution in [0.3, 0.4) is 0 Å². The van der Waals surface area contributed by atoms with Crippen molar-refractivity contribution in [1.29, 1.82) is 0 Å². The topological polar surface area (TPSA) is 87.0 Å². The number of hydrogen-bond acceptors (Lipinski definition) is 5. The van der Waals surface area contributed by atoms with Crippen molar-refractivity contribution in [3.8, 4) is 11.5 Å². The molecule has 0 bridgehead atoms. The van der Waals surface area contributed by atoms with E-state index >= 15 is 0 Å². The first-order valence-electron chi connectivity index (χ1n) is 14.6. The van der Waals surface area contributed by atoms with E-state index < -0.39 is 5.97 Å². The summed E-state index contributed by atoms with van der Waals surface area (Å²) in [5.74, 6) is 2.20. The first kappa shape index (κ1) is 26.8. The first-order chi connectivity index (χ1) is 18.4. The van der Waals surface area contributed by atoms with Gasteiger partial charge in [-0.05, 0) is 111 Å². The monoisotopic (exact) mass is 518 g/mol. The number of carbonyl (C=O) groups excluding carboxylic acids is 1. The fourth-order valence-electron chi connectivity index (χ4n) is 7.63. The molecule has 0 aromatic heterocycles. The molecule has 5 nitrogen and oxygen atoms in total. The lowest BCUT2D eigenvalue weighted by atomic mass is 9.55. The minimum Gasteiger partial charge on any atom is -0.513 e. The summed E-state index contributed by atoms with van der Waals surface area (Å²) in [5, 5.41) is 29.9. The number of hydrogen-bond donors (Lipinski definition) is 3. The van der Waals surface area contributed by atoms with Crippen LogP contribution in [0.15, 0.2) is 54.3 Å². The highest BCUT2D eigenvalue weighted by Gasteiger charge is 2.54. The molecule has 204 valence electrons. The molecule has 2 fully saturated rings. The summed E-state index contributed by atoms with van der Waals surface area (Å²) >= 11 is 0. The van der Waals surface area contributed by atoms with Gasteiger partial charge in [0.15, 0.2) is 0 Å². The number of aliphatic hydroxyl groups excluding tert-OH is 2. The van der Waals surface area contributed by atoms with Crippen LogP contribution in [0.25, 0.3) is 0 Å². The fourth-order valence-corrected chi connectivity index (χ4v) is 7.63. The van der Waals surface area contributed by atoms with Gasteiger partial charge in [0.1, 0.15) is 11.5 Å². The average Bonchev–Trinajstić information content (AvgIpc) is 3.21. The van der Waals surface area contributed by atoms with Crippen molar-refractivity contribution in [2.24, 2.45) is 17.3 Å². The van der Waals surface area contributed by atoms with E-state index in [4.69, 9.17) is 9.84 Å². The third-order valence-electron chi connectivity index (χ3n) is 9.70. The number of rotatable bonds is 2. The van der Waals surface area contributed by atoms with Crippen molar-refractivity contribution >= 4 is 5.97 Å². The van der Waals surface area contributed by atoms with E-state index in [-0.39, 0.29) is 17.3 Å². The second-order valence-electron chi connectivity index (χ2n) is 12.0. The zero-order chi connectivity index (χ0) is 26.7. The summed E-state index contributed by atoms with van der Waals surface area (Å²) in [5.41, 5.74) is 2.72. The number of allylic oxidation sites excluding steroid dienone is 2. The molecule has 0 amide bonds. The Hall–Kier alpha value is -2.79. The molecule has 0 aliphatic heterocycles. The van der Waals surface area contributed by atoms with Crippen LogP contribution in [0.1, 0.15) is 105 Å². The summed E-state index contributed by atoms with van der Waals surface area (Å²) in [7, 11) is 0. The van der Waals surface area contributed by atoms with E-state index in [0.29, 0.717) is 34.8 Å². The van der Waals surface area contributed by atoms with Gasteiger partial charge in [-0.2, -0.15) is 0 Å². The molecule has 2 aromatic carbocycles. The van der Waals surface area contributed by atoms with Crippen LogP contribution >= 0.6 is 0 Å². The molecule has 2 aromatic rings. The zero-order valence-electron chi connectivity index (χ0n) is 22.6. The number of carbonyl (C=O) groups is 1. The molecule has 5 heteroatoms. The Labute approximate surface area is 226 Å². The van der Waals surface area contributed by atoms with E-state index in [9.17, 15) is 15.0 Å². The molecule has 3 N–H and O–H groups in total. The van der Waals surface area contributed by atoms with Crippen molar-refractivity contribution in [3.05, 3.63) is 71.0 Å².